The van der Waals surface area contributed by atoms with Crippen LogP contribution in [0.1, 0.15) is 11.1 Å². The van der Waals surface area contributed by atoms with E-state index in [1.807, 2.05) is 0 Å². The average molecular weight is 308 g/mol. The summed E-state index contributed by atoms with van der Waals surface area (Å²) in [6, 6.07) is 10.6. The summed E-state index contributed by atoms with van der Waals surface area (Å²) in [6.07, 6.45) is 0. The Labute approximate surface area is 124 Å². The molecule has 0 saturated carbocycles. The highest BCUT2D eigenvalue weighted by molar-refractivity contribution is 7.89. The lowest BCUT2D eigenvalue weighted by atomic mass is 10.2. The zero-order chi connectivity index (χ0) is 15.6. The lowest BCUT2D eigenvalue weighted by molar-refractivity contribution is 0.465. The molecule has 21 heavy (non-hydrogen) atoms. The van der Waals surface area contributed by atoms with Gasteiger partial charge in [-0.25, -0.2) is 12.8 Å². The number of nitrogens with zero attached hydrogens (tertiary/aromatic N) is 1. The third-order valence-corrected chi connectivity index (χ3v) is 5.26. The molecule has 0 radical (unpaired) electrons. The molecule has 0 spiro atoms. The number of benzene rings is 2. The molecule has 2 N–H and O–H groups in total. The van der Waals surface area contributed by atoms with Gasteiger partial charge in [0.15, 0.2) is 0 Å². The molecule has 6 heteroatoms. The lowest BCUT2D eigenvalue weighted by Crippen LogP contribution is -2.27. The van der Waals surface area contributed by atoms with Crippen molar-refractivity contribution < 1.29 is 12.8 Å². The topological polar surface area (TPSA) is 63.4 Å². The second kappa shape index (κ2) is 5.83. The number of nitrogen functional groups attached to an aromatic ring is 1. The molecule has 0 aliphatic heterocycles. The van der Waals surface area contributed by atoms with Gasteiger partial charge in [0.05, 0.1) is 4.90 Å². The number of halogens is 1. The van der Waals surface area contributed by atoms with E-state index in [0.717, 1.165) is 0 Å². The van der Waals surface area contributed by atoms with E-state index in [2.05, 4.69) is 0 Å². The molecule has 2 rings (SSSR count). The molecule has 0 saturated heterocycles. The van der Waals surface area contributed by atoms with Crippen LogP contribution in [0.2, 0.25) is 0 Å². The van der Waals surface area contributed by atoms with Gasteiger partial charge in [-0.1, -0.05) is 18.2 Å². The fourth-order valence-electron chi connectivity index (χ4n) is 2.06. The number of sulfonamides is 1. The third kappa shape index (κ3) is 3.22. The molecule has 0 atom stereocenters. The van der Waals surface area contributed by atoms with Crippen LogP contribution in [0.15, 0.2) is 47.4 Å². The molecule has 0 aromatic heterocycles. The van der Waals surface area contributed by atoms with E-state index in [4.69, 9.17) is 5.73 Å². The van der Waals surface area contributed by atoms with Crippen molar-refractivity contribution in [3.63, 3.8) is 0 Å². The number of rotatable bonds is 4. The van der Waals surface area contributed by atoms with Gasteiger partial charge in [-0.3, -0.25) is 0 Å². The van der Waals surface area contributed by atoms with Gasteiger partial charge in [0.1, 0.15) is 5.82 Å². The molecular weight excluding hydrogens is 291 g/mol. The van der Waals surface area contributed by atoms with E-state index in [0.29, 0.717) is 16.8 Å². The largest absolute Gasteiger partial charge is 0.398 e. The van der Waals surface area contributed by atoms with Gasteiger partial charge in [0, 0.05) is 19.3 Å². The molecule has 112 valence electrons. The molecule has 0 amide bonds. The van der Waals surface area contributed by atoms with Crippen LogP contribution in [0.3, 0.4) is 0 Å². The minimum atomic E-state index is -3.67. The summed E-state index contributed by atoms with van der Waals surface area (Å²) >= 11 is 0. The van der Waals surface area contributed by atoms with Crippen LogP contribution in [0.5, 0.6) is 0 Å². The van der Waals surface area contributed by atoms with Gasteiger partial charge in [0.2, 0.25) is 10.0 Å². The summed E-state index contributed by atoms with van der Waals surface area (Å²) in [5, 5.41) is 0. The summed E-state index contributed by atoms with van der Waals surface area (Å²) in [7, 11) is -2.21. The van der Waals surface area contributed by atoms with Crippen LogP contribution < -0.4 is 5.73 Å². The second-order valence-electron chi connectivity index (χ2n) is 4.86. The standard InChI is InChI=1S/C15H17FN2O2S/c1-11-14(17)7-4-8-15(11)21(19,20)18(2)10-12-5-3-6-13(16)9-12/h3-9H,10,17H2,1-2H3. The van der Waals surface area contributed by atoms with Crippen molar-refractivity contribution >= 4 is 15.7 Å². The van der Waals surface area contributed by atoms with Crippen LogP contribution in [-0.4, -0.2) is 19.8 Å². The van der Waals surface area contributed by atoms with Crippen molar-refractivity contribution in [3.8, 4) is 0 Å². The fraction of sp³-hybridized carbons (Fsp3) is 0.200. The number of anilines is 1. The van der Waals surface area contributed by atoms with Gasteiger partial charge >= 0.3 is 0 Å². The Bertz CT molecular complexity index is 760. The van der Waals surface area contributed by atoms with Crippen LogP contribution in [0.4, 0.5) is 10.1 Å². The number of nitrogens with two attached hydrogens (primary N) is 1. The molecule has 0 aliphatic rings. The Hall–Kier alpha value is -1.92. The number of hydrogen-bond donors (Lipinski definition) is 1. The second-order valence-corrected chi connectivity index (χ2v) is 6.87. The molecule has 0 fully saturated rings. The molecule has 0 unspecified atom stereocenters. The first-order valence-electron chi connectivity index (χ1n) is 6.38. The summed E-state index contributed by atoms with van der Waals surface area (Å²) < 4.78 is 39.5. The van der Waals surface area contributed by atoms with Crippen molar-refractivity contribution in [1.82, 2.24) is 4.31 Å². The Morgan fingerprint density at radius 2 is 1.86 bits per heavy atom. The van der Waals surface area contributed by atoms with Crippen LogP contribution in [0.25, 0.3) is 0 Å². The first kappa shape index (κ1) is 15.5. The monoisotopic (exact) mass is 308 g/mol. The Kier molecular flexibility index (Phi) is 4.29. The molecule has 0 heterocycles. The van der Waals surface area contributed by atoms with Crippen molar-refractivity contribution in [1.29, 1.82) is 0 Å². The van der Waals surface area contributed by atoms with Crippen molar-refractivity contribution in [2.24, 2.45) is 0 Å². The van der Waals surface area contributed by atoms with E-state index in [-0.39, 0.29) is 11.4 Å². The predicted molar refractivity (Wildman–Crippen MR) is 80.6 cm³/mol. The highest BCUT2D eigenvalue weighted by Crippen LogP contribution is 2.24. The summed E-state index contributed by atoms with van der Waals surface area (Å²) in [5.41, 5.74) is 7.29. The first-order valence-corrected chi connectivity index (χ1v) is 7.82. The first-order chi connectivity index (χ1) is 9.82. The van der Waals surface area contributed by atoms with Gasteiger partial charge in [-0.15, -0.1) is 0 Å². The smallest absolute Gasteiger partial charge is 0.243 e. The van der Waals surface area contributed by atoms with E-state index in [1.54, 1.807) is 31.2 Å². The van der Waals surface area contributed by atoms with Crippen molar-refractivity contribution in [2.75, 3.05) is 12.8 Å². The SMILES string of the molecule is Cc1c(N)cccc1S(=O)(=O)N(C)Cc1cccc(F)c1. The minimum absolute atomic E-state index is 0.0916. The van der Waals surface area contributed by atoms with Gasteiger partial charge < -0.3 is 5.73 Å². The van der Waals surface area contributed by atoms with Crippen LogP contribution >= 0.6 is 0 Å². The molecule has 0 aliphatic carbocycles. The zero-order valence-corrected chi connectivity index (χ0v) is 12.7. The maximum atomic E-state index is 13.2. The average Bonchev–Trinajstić information content (AvgIpc) is 2.41. The minimum Gasteiger partial charge on any atom is -0.398 e. The Balaban J connectivity index is 2.33. The van der Waals surface area contributed by atoms with E-state index < -0.39 is 15.8 Å². The highest BCUT2D eigenvalue weighted by atomic mass is 32.2. The molecule has 2 aromatic carbocycles. The van der Waals surface area contributed by atoms with E-state index >= 15 is 0 Å². The van der Waals surface area contributed by atoms with Gasteiger partial charge in [-0.05, 0) is 42.3 Å². The van der Waals surface area contributed by atoms with Crippen LogP contribution in [0, 0.1) is 12.7 Å². The molecular formula is C15H17FN2O2S. The molecule has 0 bridgehead atoms. The van der Waals surface area contributed by atoms with E-state index in [9.17, 15) is 12.8 Å². The molecule has 4 nitrogen and oxygen atoms in total. The van der Waals surface area contributed by atoms with Gasteiger partial charge in [-0.2, -0.15) is 4.31 Å². The van der Waals surface area contributed by atoms with Gasteiger partial charge in [0.25, 0.3) is 0 Å². The zero-order valence-electron chi connectivity index (χ0n) is 11.9. The molecule has 2 aromatic rings. The predicted octanol–water partition coefficient (Wildman–Crippen LogP) is 2.54. The fourth-order valence-corrected chi connectivity index (χ4v) is 3.47. The quantitative estimate of drug-likeness (QED) is 0.883. The van der Waals surface area contributed by atoms with Crippen molar-refractivity contribution in [2.45, 2.75) is 18.4 Å². The third-order valence-electron chi connectivity index (χ3n) is 3.31. The number of hydrogen-bond acceptors (Lipinski definition) is 3. The van der Waals surface area contributed by atoms with Crippen LogP contribution in [-0.2, 0) is 16.6 Å². The summed E-state index contributed by atoms with van der Waals surface area (Å²) in [5.74, 6) is -0.390. The Morgan fingerprint density at radius 3 is 2.52 bits per heavy atom. The normalized spacial score (nSPS) is 11.8. The lowest BCUT2D eigenvalue weighted by Gasteiger charge is -2.19. The summed E-state index contributed by atoms with van der Waals surface area (Å²) in [6.45, 7) is 1.76. The summed E-state index contributed by atoms with van der Waals surface area (Å²) in [4.78, 5) is 0.168. The maximum Gasteiger partial charge on any atom is 0.243 e. The highest BCUT2D eigenvalue weighted by Gasteiger charge is 2.23. The van der Waals surface area contributed by atoms with E-state index in [1.165, 1.54) is 29.6 Å². The van der Waals surface area contributed by atoms with Crippen molar-refractivity contribution in [3.05, 3.63) is 59.4 Å². The maximum absolute atomic E-state index is 13.2. The Morgan fingerprint density at radius 1 is 1.19 bits per heavy atom.